The zero-order valence-electron chi connectivity index (χ0n) is 17.9. The summed E-state index contributed by atoms with van der Waals surface area (Å²) in [5.41, 5.74) is 2.53. The third-order valence-electron chi connectivity index (χ3n) is 5.26. The van der Waals surface area contributed by atoms with Crippen LogP contribution in [0.1, 0.15) is 19.4 Å². The van der Waals surface area contributed by atoms with Gasteiger partial charge in [0.15, 0.2) is 0 Å². The number of benzene rings is 2. The Bertz CT molecular complexity index is 1060. The third-order valence-corrected chi connectivity index (χ3v) is 7.36. The number of amides is 1. The first-order chi connectivity index (χ1) is 14.9. The first-order valence-electron chi connectivity index (χ1n) is 10.4. The third kappa shape index (κ3) is 5.17. The number of nitrogens with one attached hydrogen (secondary N) is 1. The molecule has 2 aromatic carbocycles. The summed E-state index contributed by atoms with van der Waals surface area (Å²) in [6, 6.07) is 13.8. The van der Waals surface area contributed by atoms with Crippen LogP contribution in [-0.2, 0) is 11.3 Å². The average molecular weight is 456 g/mol. The molecule has 1 aliphatic heterocycles. The van der Waals surface area contributed by atoms with E-state index >= 15 is 0 Å². The van der Waals surface area contributed by atoms with Crippen LogP contribution in [0, 0.1) is 11.7 Å². The number of likely N-dealkylation sites (tertiary alicyclic amines) is 1. The summed E-state index contributed by atoms with van der Waals surface area (Å²) in [5.74, 6) is -0.142. The molecule has 1 amide bonds. The van der Waals surface area contributed by atoms with Crippen LogP contribution in [0.15, 0.2) is 53.6 Å². The number of hydrogen-bond acceptors (Lipinski definition) is 5. The van der Waals surface area contributed by atoms with Gasteiger partial charge in [-0.1, -0.05) is 32.0 Å². The van der Waals surface area contributed by atoms with Crippen LogP contribution >= 0.6 is 23.1 Å². The Morgan fingerprint density at radius 2 is 2.00 bits per heavy atom. The van der Waals surface area contributed by atoms with Crippen LogP contribution in [0.25, 0.3) is 21.0 Å². The van der Waals surface area contributed by atoms with E-state index in [1.54, 1.807) is 13.1 Å². The van der Waals surface area contributed by atoms with Crippen molar-refractivity contribution in [1.29, 1.82) is 0 Å². The SMILES string of the molecule is CNC(=O)C1CN(Cc2ccc(-c3ncc(-c4ccc(SC(C)C)cc4)s3)c(F)c2)C1. The molecule has 0 unspecified atom stereocenters. The zero-order chi connectivity index (χ0) is 22.0. The Morgan fingerprint density at radius 1 is 1.26 bits per heavy atom. The van der Waals surface area contributed by atoms with E-state index in [0.717, 1.165) is 16.0 Å². The van der Waals surface area contributed by atoms with Crippen molar-refractivity contribution in [2.75, 3.05) is 20.1 Å². The van der Waals surface area contributed by atoms with Crippen molar-refractivity contribution in [3.8, 4) is 21.0 Å². The largest absolute Gasteiger partial charge is 0.359 e. The lowest BCUT2D eigenvalue weighted by Crippen LogP contribution is -2.52. The Kier molecular flexibility index (Phi) is 6.74. The zero-order valence-corrected chi connectivity index (χ0v) is 19.5. The summed E-state index contributed by atoms with van der Waals surface area (Å²) in [6.45, 7) is 6.44. The minimum absolute atomic E-state index is 0.0425. The van der Waals surface area contributed by atoms with Gasteiger partial charge in [0, 0.05) is 48.6 Å². The lowest BCUT2D eigenvalue weighted by Gasteiger charge is -2.38. The highest BCUT2D eigenvalue weighted by Gasteiger charge is 2.31. The Balaban J connectivity index is 1.42. The van der Waals surface area contributed by atoms with Gasteiger partial charge in [0.05, 0.1) is 10.8 Å². The van der Waals surface area contributed by atoms with E-state index in [1.165, 1.54) is 16.2 Å². The van der Waals surface area contributed by atoms with Gasteiger partial charge in [-0.05, 0) is 35.4 Å². The molecule has 31 heavy (non-hydrogen) atoms. The van der Waals surface area contributed by atoms with Crippen LogP contribution in [0.2, 0.25) is 0 Å². The fourth-order valence-electron chi connectivity index (χ4n) is 3.66. The first kappa shape index (κ1) is 22.0. The van der Waals surface area contributed by atoms with Crippen molar-refractivity contribution < 1.29 is 9.18 Å². The van der Waals surface area contributed by atoms with E-state index in [-0.39, 0.29) is 17.6 Å². The van der Waals surface area contributed by atoms with Crippen molar-refractivity contribution in [3.05, 3.63) is 60.0 Å². The molecule has 2 heterocycles. The van der Waals surface area contributed by atoms with Gasteiger partial charge in [0.25, 0.3) is 0 Å². The summed E-state index contributed by atoms with van der Waals surface area (Å²) >= 11 is 3.34. The molecule has 0 aliphatic carbocycles. The fourth-order valence-corrected chi connectivity index (χ4v) is 5.45. The molecule has 4 nitrogen and oxygen atoms in total. The summed E-state index contributed by atoms with van der Waals surface area (Å²) < 4.78 is 14.8. The van der Waals surface area contributed by atoms with Gasteiger partial charge in [-0.25, -0.2) is 9.37 Å². The van der Waals surface area contributed by atoms with Gasteiger partial charge in [-0.2, -0.15) is 0 Å². The number of carbonyl (C=O) groups excluding carboxylic acids is 1. The van der Waals surface area contributed by atoms with Crippen molar-refractivity contribution in [3.63, 3.8) is 0 Å². The van der Waals surface area contributed by atoms with Crippen LogP contribution in [0.3, 0.4) is 0 Å². The molecule has 4 rings (SSSR count). The summed E-state index contributed by atoms with van der Waals surface area (Å²) in [6.07, 6.45) is 1.82. The van der Waals surface area contributed by atoms with Crippen LogP contribution in [0.5, 0.6) is 0 Å². The maximum Gasteiger partial charge on any atom is 0.225 e. The molecular weight excluding hydrogens is 429 g/mol. The van der Waals surface area contributed by atoms with E-state index in [0.29, 0.717) is 35.5 Å². The molecule has 0 atom stereocenters. The minimum atomic E-state index is -0.259. The van der Waals surface area contributed by atoms with E-state index in [9.17, 15) is 9.18 Å². The maximum atomic E-state index is 14.8. The average Bonchev–Trinajstić information content (AvgIpc) is 3.20. The van der Waals surface area contributed by atoms with Gasteiger partial charge in [0.2, 0.25) is 5.91 Å². The molecule has 162 valence electrons. The van der Waals surface area contributed by atoms with Crippen LogP contribution < -0.4 is 5.32 Å². The molecule has 3 aromatic rings. The van der Waals surface area contributed by atoms with Gasteiger partial charge < -0.3 is 5.32 Å². The second-order valence-electron chi connectivity index (χ2n) is 8.04. The highest BCUT2D eigenvalue weighted by atomic mass is 32.2. The number of thioether (sulfide) groups is 1. The second-order valence-corrected chi connectivity index (χ2v) is 10.7. The van der Waals surface area contributed by atoms with Crippen molar-refractivity contribution in [2.45, 2.75) is 30.5 Å². The number of thiazole rings is 1. The molecule has 0 saturated carbocycles. The molecule has 7 heteroatoms. The number of nitrogens with zero attached hydrogens (tertiary/aromatic N) is 2. The molecule has 1 N–H and O–H groups in total. The van der Waals surface area contributed by atoms with Crippen molar-refractivity contribution >= 4 is 29.0 Å². The summed E-state index contributed by atoms with van der Waals surface area (Å²) in [4.78, 5) is 20.5. The van der Waals surface area contributed by atoms with Crippen molar-refractivity contribution in [2.24, 2.45) is 5.92 Å². The number of aromatic nitrogens is 1. The monoisotopic (exact) mass is 455 g/mol. The predicted octanol–water partition coefficient (Wildman–Crippen LogP) is 5.29. The molecule has 0 radical (unpaired) electrons. The Morgan fingerprint density at radius 3 is 2.65 bits per heavy atom. The summed E-state index contributed by atoms with van der Waals surface area (Å²) in [7, 11) is 1.66. The normalized spacial score (nSPS) is 14.6. The summed E-state index contributed by atoms with van der Waals surface area (Å²) in [5, 5.41) is 3.91. The molecule has 0 spiro atoms. The van der Waals surface area contributed by atoms with Crippen molar-refractivity contribution in [1.82, 2.24) is 15.2 Å². The molecular formula is C24H26FN3OS2. The number of halogens is 1. The molecule has 0 bridgehead atoms. The standard InChI is InChI=1S/C24H26FN3OS2/c1-15(2)30-19-7-5-17(6-8-19)22-11-27-24(31-22)20-9-4-16(10-21(20)25)12-28-13-18(14-28)23(29)26-3/h4-11,15,18H,12-14H2,1-3H3,(H,26,29). The lowest BCUT2D eigenvalue weighted by molar-refractivity contribution is -0.129. The smallest absolute Gasteiger partial charge is 0.225 e. The minimum Gasteiger partial charge on any atom is -0.359 e. The highest BCUT2D eigenvalue weighted by molar-refractivity contribution is 7.99. The van der Waals surface area contributed by atoms with E-state index in [1.807, 2.05) is 30.1 Å². The number of hydrogen-bond donors (Lipinski definition) is 1. The van der Waals surface area contributed by atoms with E-state index in [4.69, 9.17) is 0 Å². The van der Waals surface area contributed by atoms with Gasteiger partial charge in [-0.15, -0.1) is 23.1 Å². The molecule has 1 aromatic heterocycles. The Labute approximate surface area is 190 Å². The van der Waals surface area contributed by atoms with Gasteiger partial charge in [-0.3, -0.25) is 9.69 Å². The molecule has 1 aliphatic rings. The quantitative estimate of drug-likeness (QED) is 0.492. The highest BCUT2D eigenvalue weighted by Crippen LogP contribution is 2.35. The predicted molar refractivity (Wildman–Crippen MR) is 127 cm³/mol. The topological polar surface area (TPSA) is 45.2 Å². The fraction of sp³-hybridized carbons (Fsp3) is 0.333. The lowest BCUT2D eigenvalue weighted by atomic mass is 9.98. The Hall–Kier alpha value is -2.22. The van der Waals surface area contributed by atoms with Crippen LogP contribution in [-0.4, -0.2) is 41.2 Å². The number of rotatable bonds is 7. The maximum absolute atomic E-state index is 14.8. The van der Waals surface area contributed by atoms with E-state index < -0.39 is 0 Å². The molecule has 1 fully saturated rings. The van der Waals surface area contributed by atoms with Gasteiger partial charge in [0.1, 0.15) is 10.8 Å². The van der Waals surface area contributed by atoms with E-state index in [2.05, 4.69) is 53.3 Å². The van der Waals surface area contributed by atoms with Crippen LogP contribution in [0.4, 0.5) is 4.39 Å². The number of carbonyl (C=O) groups is 1. The molecule has 1 saturated heterocycles. The van der Waals surface area contributed by atoms with Gasteiger partial charge >= 0.3 is 0 Å². The first-order valence-corrected chi connectivity index (χ1v) is 12.1. The second kappa shape index (κ2) is 9.51.